The second-order valence-corrected chi connectivity index (χ2v) is 10.3. The molecule has 3 nitrogen and oxygen atoms in total. The van der Waals surface area contributed by atoms with Crippen LogP contribution in [-0.2, 0) is 34.9 Å². The summed E-state index contributed by atoms with van der Waals surface area (Å²) in [6.07, 6.45) is 2.60. The van der Waals surface area contributed by atoms with Crippen LogP contribution >= 0.6 is 0 Å². The fourth-order valence-corrected chi connectivity index (χ4v) is 4.47. The van der Waals surface area contributed by atoms with Gasteiger partial charge in [0.15, 0.2) is 15.6 Å². The highest BCUT2D eigenvalue weighted by molar-refractivity contribution is 7.91. The largest absolute Gasteiger partial charge is 0.294 e. The van der Waals surface area contributed by atoms with Crippen molar-refractivity contribution in [1.82, 2.24) is 0 Å². The molecule has 26 heavy (non-hydrogen) atoms. The summed E-state index contributed by atoms with van der Waals surface area (Å²) < 4.78 is 24.0. The van der Waals surface area contributed by atoms with Gasteiger partial charge in [-0.1, -0.05) is 49.4 Å². The minimum absolute atomic E-state index is 0.0160. The molecule has 0 saturated carbocycles. The zero-order valence-electron chi connectivity index (χ0n) is 15.7. The van der Waals surface area contributed by atoms with Gasteiger partial charge in [-0.2, -0.15) is 0 Å². The number of rotatable bonds is 6. The highest BCUT2D eigenvalue weighted by atomic mass is 32.2. The monoisotopic (exact) mass is 370 g/mol. The Kier molecular flexibility index (Phi) is 5.33. The first-order valence-electron chi connectivity index (χ1n) is 9.19. The Labute approximate surface area is 156 Å². The molecule has 0 heterocycles. The van der Waals surface area contributed by atoms with Gasteiger partial charge in [0, 0.05) is 12.0 Å². The molecule has 0 aromatic heterocycles. The molecule has 2 aromatic rings. The van der Waals surface area contributed by atoms with Crippen LogP contribution in [0.3, 0.4) is 0 Å². The average molecular weight is 371 g/mol. The Morgan fingerprint density at radius 1 is 1.00 bits per heavy atom. The summed E-state index contributed by atoms with van der Waals surface area (Å²) in [6.45, 7) is 5.63. The predicted molar refractivity (Wildman–Crippen MR) is 105 cm³/mol. The zero-order valence-corrected chi connectivity index (χ0v) is 16.5. The number of Topliss-reactive ketones (excluding diaryl/α,β-unsaturated/α-hetero) is 1. The molecule has 0 saturated heterocycles. The Balaban J connectivity index is 1.68. The number of sulfone groups is 1. The van der Waals surface area contributed by atoms with Crippen LogP contribution in [0.1, 0.15) is 53.4 Å². The highest BCUT2D eigenvalue weighted by Gasteiger charge is 2.19. The maximum Gasteiger partial charge on any atom is 0.167 e. The number of ketones is 1. The van der Waals surface area contributed by atoms with E-state index in [-0.39, 0.29) is 11.5 Å². The molecular weight excluding hydrogens is 344 g/mol. The Bertz CT molecular complexity index is 909. The van der Waals surface area contributed by atoms with Gasteiger partial charge < -0.3 is 0 Å². The van der Waals surface area contributed by atoms with Crippen molar-refractivity contribution in [3.05, 3.63) is 70.3 Å². The van der Waals surface area contributed by atoms with Crippen LogP contribution in [0.15, 0.2) is 42.5 Å². The van der Waals surface area contributed by atoms with E-state index in [1.165, 1.54) is 11.1 Å². The third-order valence-electron chi connectivity index (χ3n) is 5.13. The standard InChI is InChI=1S/C22H26O3S/c1-15(2)26(24,25)14-17-4-7-19(8-5-17)22(23)13-18-6-9-20-10-16(3)11-21(20)12-18/h4-9,12,15-16H,10-11,13-14H2,1-3H3. The van der Waals surface area contributed by atoms with Gasteiger partial charge in [0.05, 0.1) is 11.0 Å². The molecular formula is C22H26O3S. The van der Waals surface area contributed by atoms with E-state index in [0.29, 0.717) is 17.9 Å². The number of hydrogen-bond donors (Lipinski definition) is 0. The molecule has 4 heteroatoms. The van der Waals surface area contributed by atoms with E-state index in [4.69, 9.17) is 0 Å². The lowest BCUT2D eigenvalue weighted by atomic mass is 9.99. The highest BCUT2D eigenvalue weighted by Crippen LogP contribution is 2.27. The molecule has 1 aliphatic rings. The van der Waals surface area contributed by atoms with Crippen molar-refractivity contribution < 1.29 is 13.2 Å². The molecule has 3 rings (SSSR count). The molecule has 0 radical (unpaired) electrons. The lowest BCUT2D eigenvalue weighted by Crippen LogP contribution is -2.16. The molecule has 138 valence electrons. The van der Waals surface area contributed by atoms with E-state index in [1.54, 1.807) is 38.1 Å². The van der Waals surface area contributed by atoms with Crippen molar-refractivity contribution in [2.45, 2.75) is 51.0 Å². The SMILES string of the molecule is CC1Cc2ccc(CC(=O)c3ccc(CS(=O)(=O)C(C)C)cc3)cc2C1. The molecule has 0 N–H and O–H groups in total. The third kappa shape index (κ3) is 4.24. The van der Waals surface area contributed by atoms with E-state index in [2.05, 4.69) is 25.1 Å². The number of carbonyl (C=O) groups excluding carboxylic acids is 1. The summed E-state index contributed by atoms with van der Waals surface area (Å²) in [5.74, 6) is 0.766. The lowest BCUT2D eigenvalue weighted by Gasteiger charge is -2.08. The lowest BCUT2D eigenvalue weighted by molar-refractivity contribution is 0.0993. The summed E-state index contributed by atoms with van der Waals surface area (Å²) in [6, 6.07) is 13.3. The summed E-state index contributed by atoms with van der Waals surface area (Å²) in [5.41, 5.74) is 5.18. The maximum atomic E-state index is 12.6. The van der Waals surface area contributed by atoms with Crippen molar-refractivity contribution in [3.63, 3.8) is 0 Å². The molecule has 2 aromatic carbocycles. The van der Waals surface area contributed by atoms with Gasteiger partial charge in [0.2, 0.25) is 0 Å². The van der Waals surface area contributed by atoms with Crippen LogP contribution in [0.5, 0.6) is 0 Å². The number of hydrogen-bond acceptors (Lipinski definition) is 3. The molecule has 0 bridgehead atoms. The fraction of sp³-hybridized carbons (Fsp3) is 0.409. The molecule has 1 atom stereocenters. The average Bonchev–Trinajstić information content (AvgIpc) is 2.94. The van der Waals surface area contributed by atoms with Gasteiger partial charge in [-0.3, -0.25) is 4.79 Å². The second kappa shape index (κ2) is 7.36. The first-order valence-corrected chi connectivity index (χ1v) is 10.9. The van der Waals surface area contributed by atoms with Crippen LogP contribution in [0.2, 0.25) is 0 Å². The summed E-state index contributed by atoms with van der Waals surface area (Å²) in [7, 11) is -3.13. The minimum atomic E-state index is -3.13. The Hall–Kier alpha value is -1.94. The van der Waals surface area contributed by atoms with Gasteiger partial charge in [-0.15, -0.1) is 0 Å². The summed E-state index contributed by atoms with van der Waals surface area (Å²) in [5, 5.41) is -0.397. The van der Waals surface area contributed by atoms with E-state index >= 15 is 0 Å². The number of benzene rings is 2. The molecule has 0 aliphatic heterocycles. The molecule has 0 spiro atoms. The van der Waals surface area contributed by atoms with Gasteiger partial charge in [-0.05, 0) is 54.9 Å². The Morgan fingerprint density at radius 2 is 1.62 bits per heavy atom. The molecule has 0 fully saturated rings. The topological polar surface area (TPSA) is 51.2 Å². The predicted octanol–water partition coefficient (Wildman–Crippen LogP) is 4.17. The molecule has 0 amide bonds. The normalized spacial score (nSPS) is 16.7. The first-order chi connectivity index (χ1) is 12.2. The van der Waals surface area contributed by atoms with Crippen molar-refractivity contribution in [2.24, 2.45) is 5.92 Å². The van der Waals surface area contributed by atoms with E-state index in [9.17, 15) is 13.2 Å². The van der Waals surface area contributed by atoms with E-state index in [1.807, 2.05) is 0 Å². The van der Waals surface area contributed by atoms with E-state index in [0.717, 1.165) is 24.0 Å². The van der Waals surface area contributed by atoms with E-state index < -0.39 is 15.1 Å². The van der Waals surface area contributed by atoms with Crippen molar-refractivity contribution in [1.29, 1.82) is 0 Å². The van der Waals surface area contributed by atoms with Crippen LogP contribution < -0.4 is 0 Å². The summed E-state index contributed by atoms with van der Waals surface area (Å²) in [4.78, 5) is 12.6. The minimum Gasteiger partial charge on any atom is -0.294 e. The fourth-order valence-electron chi connectivity index (χ4n) is 3.47. The Morgan fingerprint density at radius 3 is 2.27 bits per heavy atom. The van der Waals surface area contributed by atoms with Crippen LogP contribution in [0.4, 0.5) is 0 Å². The van der Waals surface area contributed by atoms with Gasteiger partial charge in [0.25, 0.3) is 0 Å². The quantitative estimate of drug-likeness (QED) is 0.717. The smallest absolute Gasteiger partial charge is 0.167 e. The van der Waals surface area contributed by atoms with Gasteiger partial charge >= 0.3 is 0 Å². The number of carbonyl (C=O) groups is 1. The van der Waals surface area contributed by atoms with Crippen LogP contribution in [0.25, 0.3) is 0 Å². The molecule has 1 aliphatic carbocycles. The first kappa shape index (κ1) is 18.8. The number of fused-ring (bicyclic) bond motifs is 1. The van der Waals surface area contributed by atoms with Gasteiger partial charge in [-0.25, -0.2) is 8.42 Å². The van der Waals surface area contributed by atoms with Crippen LogP contribution in [-0.4, -0.2) is 19.5 Å². The van der Waals surface area contributed by atoms with Crippen molar-refractivity contribution in [2.75, 3.05) is 0 Å². The zero-order chi connectivity index (χ0) is 18.9. The van der Waals surface area contributed by atoms with Crippen molar-refractivity contribution in [3.8, 4) is 0 Å². The van der Waals surface area contributed by atoms with Gasteiger partial charge in [0.1, 0.15) is 0 Å². The summed E-state index contributed by atoms with van der Waals surface area (Å²) >= 11 is 0. The third-order valence-corrected chi connectivity index (χ3v) is 7.31. The maximum absolute atomic E-state index is 12.6. The van der Waals surface area contributed by atoms with Crippen molar-refractivity contribution >= 4 is 15.6 Å². The molecule has 1 unspecified atom stereocenters. The second-order valence-electron chi connectivity index (χ2n) is 7.77. The van der Waals surface area contributed by atoms with Crippen LogP contribution in [0, 0.1) is 5.92 Å².